The lowest BCUT2D eigenvalue weighted by Crippen LogP contribution is -2.45. The van der Waals surface area contributed by atoms with Crippen LogP contribution in [0.5, 0.6) is 0 Å². The van der Waals surface area contributed by atoms with E-state index in [2.05, 4.69) is 5.32 Å². The van der Waals surface area contributed by atoms with Gasteiger partial charge < -0.3 is 20.4 Å². The third-order valence-electron chi connectivity index (χ3n) is 3.25. The molecular formula is C17H22ClN3O3. The van der Waals surface area contributed by atoms with Gasteiger partial charge in [-0.15, -0.1) is 12.4 Å². The van der Waals surface area contributed by atoms with Crippen LogP contribution in [0.4, 0.5) is 5.69 Å². The molecule has 2 rings (SSSR count). The summed E-state index contributed by atoms with van der Waals surface area (Å²) in [6, 6.07) is 10.1. The van der Waals surface area contributed by atoms with E-state index in [0.717, 1.165) is 0 Å². The first-order valence-corrected chi connectivity index (χ1v) is 7.27. The van der Waals surface area contributed by atoms with Gasteiger partial charge in [-0.3, -0.25) is 9.59 Å². The van der Waals surface area contributed by atoms with E-state index < -0.39 is 5.54 Å². The molecule has 2 aromatic rings. The first-order valence-electron chi connectivity index (χ1n) is 7.27. The molecule has 7 heteroatoms. The van der Waals surface area contributed by atoms with Crippen LogP contribution in [0.2, 0.25) is 0 Å². The summed E-state index contributed by atoms with van der Waals surface area (Å²) in [5.74, 6) is -0.390. The summed E-state index contributed by atoms with van der Waals surface area (Å²) < 4.78 is 5.12. The maximum atomic E-state index is 12.4. The molecule has 0 radical (unpaired) electrons. The van der Waals surface area contributed by atoms with E-state index in [9.17, 15) is 9.59 Å². The van der Waals surface area contributed by atoms with Crippen LogP contribution in [0.25, 0.3) is 0 Å². The SMILES string of the molecule is CN(C(=O)c1ccco1)c1ccccc1C(=O)NCC(C)(C)N.Cl. The van der Waals surface area contributed by atoms with Crippen LogP contribution >= 0.6 is 12.4 Å². The third kappa shape index (κ3) is 4.84. The maximum absolute atomic E-state index is 12.4. The smallest absolute Gasteiger partial charge is 0.293 e. The molecule has 6 nitrogen and oxygen atoms in total. The van der Waals surface area contributed by atoms with Gasteiger partial charge in [-0.25, -0.2) is 0 Å². The van der Waals surface area contributed by atoms with E-state index in [0.29, 0.717) is 17.8 Å². The highest BCUT2D eigenvalue weighted by Gasteiger charge is 2.22. The average molecular weight is 352 g/mol. The molecule has 1 heterocycles. The van der Waals surface area contributed by atoms with Crippen molar-refractivity contribution in [3.05, 3.63) is 54.0 Å². The Morgan fingerprint density at radius 1 is 1.21 bits per heavy atom. The third-order valence-corrected chi connectivity index (χ3v) is 3.25. The fourth-order valence-corrected chi connectivity index (χ4v) is 2.04. The Labute approximate surface area is 147 Å². The maximum Gasteiger partial charge on any atom is 0.293 e. The fraction of sp³-hybridized carbons (Fsp3) is 0.294. The van der Waals surface area contributed by atoms with Gasteiger partial charge in [0.15, 0.2) is 5.76 Å². The van der Waals surface area contributed by atoms with Crippen LogP contribution in [0.15, 0.2) is 47.1 Å². The molecule has 0 aliphatic carbocycles. The van der Waals surface area contributed by atoms with Crippen molar-refractivity contribution in [3.63, 3.8) is 0 Å². The number of carbonyl (C=O) groups excluding carboxylic acids is 2. The second kappa shape index (κ2) is 7.99. The number of furan rings is 1. The number of benzene rings is 1. The number of nitrogens with two attached hydrogens (primary N) is 1. The van der Waals surface area contributed by atoms with Crippen LogP contribution in [0, 0.1) is 0 Å². The quantitative estimate of drug-likeness (QED) is 0.866. The molecule has 0 saturated heterocycles. The number of amides is 2. The fourth-order valence-electron chi connectivity index (χ4n) is 2.04. The Hall–Kier alpha value is -2.31. The summed E-state index contributed by atoms with van der Waals surface area (Å²) in [6.07, 6.45) is 1.43. The largest absolute Gasteiger partial charge is 0.459 e. The number of nitrogens with one attached hydrogen (secondary N) is 1. The van der Waals surface area contributed by atoms with Crippen molar-refractivity contribution in [1.82, 2.24) is 5.32 Å². The standard InChI is InChI=1S/C17H21N3O3.ClH/c1-17(2,18)11-19-15(21)12-7-4-5-8-13(12)20(3)16(22)14-9-6-10-23-14;/h4-10H,11,18H2,1-3H3,(H,19,21);1H. The Balaban J connectivity index is 0.00000288. The Morgan fingerprint density at radius 2 is 1.88 bits per heavy atom. The van der Waals surface area contributed by atoms with Crippen LogP contribution in [0.3, 0.4) is 0 Å². The highest BCUT2D eigenvalue weighted by molar-refractivity contribution is 6.09. The molecular weight excluding hydrogens is 330 g/mol. The molecule has 0 saturated carbocycles. The van der Waals surface area contributed by atoms with E-state index in [4.69, 9.17) is 10.2 Å². The van der Waals surface area contributed by atoms with Gasteiger partial charge in [-0.1, -0.05) is 12.1 Å². The molecule has 24 heavy (non-hydrogen) atoms. The predicted molar refractivity (Wildman–Crippen MR) is 95.7 cm³/mol. The van der Waals surface area contributed by atoms with Gasteiger partial charge in [0.2, 0.25) is 0 Å². The average Bonchev–Trinajstić information content (AvgIpc) is 3.05. The van der Waals surface area contributed by atoms with E-state index in [1.54, 1.807) is 43.4 Å². The first kappa shape index (κ1) is 19.7. The predicted octanol–water partition coefficient (Wildman–Crippen LogP) is 2.45. The number of hydrogen-bond donors (Lipinski definition) is 2. The number of rotatable bonds is 5. The van der Waals surface area contributed by atoms with E-state index >= 15 is 0 Å². The van der Waals surface area contributed by atoms with Crippen LogP contribution in [-0.2, 0) is 0 Å². The Kier molecular flexibility index (Phi) is 6.57. The van der Waals surface area contributed by atoms with E-state index in [1.165, 1.54) is 11.2 Å². The monoisotopic (exact) mass is 351 g/mol. The number of hydrogen-bond acceptors (Lipinski definition) is 4. The molecule has 1 aromatic carbocycles. The van der Waals surface area contributed by atoms with Crippen molar-refractivity contribution >= 4 is 29.9 Å². The van der Waals surface area contributed by atoms with Gasteiger partial charge in [0.25, 0.3) is 11.8 Å². The van der Waals surface area contributed by atoms with Gasteiger partial charge in [0.1, 0.15) is 0 Å². The van der Waals surface area contributed by atoms with Gasteiger partial charge in [0, 0.05) is 19.1 Å². The van der Waals surface area contributed by atoms with Gasteiger partial charge in [-0.2, -0.15) is 0 Å². The van der Waals surface area contributed by atoms with Crippen molar-refractivity contribution in [2.24, 2.45) is 5.73 Å². The summed E-state index contributed by atoms with van der Waals surface area (Å²) in [4.78, 5) is 26.2. The zero-order valence-electron chi connectivity index (χ0n) is 13.9. The lowest BCUT2D eigenvalue weighted by molar-refractivity contribution is 0.0946. The van der Waals surface area contributed by atoms with Crippen molar-refractivity contribution in [1.29, 1.82) is 0 Å². The van der Waals surface area contributed by atoms with Crippen LogP contribution < -0.4 is 16.0 Å². The number of anilines is 1. The minimum Gasteiger partial charge on any atom is -0.459 e. The molecule has 2 amide bonds. The number of halogens is 1. The van der Waals surface area contributed by atoms with Gasteiger partial charge in [0.05, 0.1) is 17.5 Å². The van der Waals surface area contributed by atoms with E-state index in [-0.39, 0.29) is 30.0 Å². The molecule has 0 spiro atoms. The minimum atomic E-state index is -0.513. The normalized spacial score (nSPS) is 10.7. The van der Waals surface area contributed by atoms with Crippen molar-refractivity contribution in [2.75, 3.05) is 18.5 Å². The van der Waals surface area contributed by atoms with Crippen molar-refractivity contribution in [2.45, 2.75) is 19.4 Å². The molecule has 1 aromatic heterocycles. The number of para-hydroxylation sites is 1. The summed E-state index contributed by atoms with van der Waals surface area (Å²) in [5, 5.41) is 2.78. The van der Waals surface area contributed by atoms with Crippen LogP contribution in [0.1, 0.15) is 34.8 Å². The molecule has 0 aliphatic rings. The summed E-state index contributed by atoms with van der Waals surface area (Å²) in [6.45, 7) is 3.98. The minimum absolute atomic E-state index is 0. The molecule has 0 fully saturated rings. The molecule has 0 unspecified atom stereocenters. The second-order valence-corrected chi connectivity index (χ2v) is 6.03. The summed E-state index contributed by atoms with van der Waals surface area (Å²) in [7, 11) is 1.60. The lowest BCUT2D eigenvalue weighted by Gasteiger charge is -2.22. The molecule has 130 valence electrons. The van der Waals surface area contributed by atoms with Gasteiger partial charge in [-0.05, 0) is 38.1 Å². The second-order valence-electron chi connectivity index (χ2n) is 6.03. The van der Waals surface area contributed by atoms with Crippen molar-refractivity contribution in [3.8, 4) is 0 Å². The van der Waals surface area contributed by atoms with Gasteiger partial charge >= 0.3 is 0 Å². The summed E-state index contributed by atoms with van der Waals surface area (Å²) >= 11 is 0. The number of carbonyl (C=O) groups is 2. The highest BCUT2D eigenvalue weighted by Crippen LogP contribution is 2.21. The molecule has 0 aliphatic heterocycles. The lowest BCUT2D eigenvalue weighted by atomic mass is 10.1. The Morgan fingerprint density at radius 3 is 2.46 bits per heavy atom. The van der Waals surface area contributed by atoms with E-state index in [1.807, 2.05) is 13.8 Å². The number of nitrogens with zero attached hydrogens (tertiary/aromatic N) is 1. The zero-order valence-corrected chi connectivity index (χ0v) is 14.7. The molecule has 0 atom stereocenters. The topological polar surface area (TPSA) is 88.6 Å². The zero-order chi connectivity index (χ0) is 17.0. The highest BCUT2D eigenvalue weighted by atomic mass is 35.5. The van der Waals surface area contributed by atoms with Crippen LogP contribution in [-0.4, -0.2) is 30.9 Å². The first-order chi connectivity index (χ1) is 10.8. The summed E-state index contributed by atoms with van der Waals surface area (Å²) in [5.41, 5.74) is 6.27. The Bertz CT molecular complexity index is 693. The molecule has 0 bridgehead atoms. The van der Waals surface area contributed by atoms with Crippen molar-refractivity contribution < 1.29 is 14.0 Å². The molecule has 3 N–H and O–H groups in total.